The molecule has 0 unspecified atom stereocenters. The lowest BCUT2D eigenvalue weighted by Gasteiger charge is -2.17. The van der Waals surface area contributed by atoms with E-state index in [1.165, 1.54) is 0 Å². The standard InChI is InChI=1S/C28H25NO3/c1-3-17-29-22-12-8-7-11-21(22)28(27(29)32)23(25(30)19-9-5-4-6-10-19)24(28)26(31)20-15-13-18(2)14-16-20/h4-16,23-24H,3,17H2,1-2H3/t23-,24-,28+/m1/s1. The van der Waals surface area contributed by atoms with Gasteiger partial charge in [-0.25, -0.2) is 0 Å². The Hall–Kier alpha value is -3.53. The summed E-state index contributed by atoms with van der Waals surface area (Å²) >= 11 is 0. The van der Waals surface area contributed by atoms with Crippen LogP contribution < -0.4 is 4.90 Å². The summed E-state index contributed by atoms with van der Waals surface area (Å²) in [4.78, 5) is 43.1. The minimum absolute atomic E-state index is 0.125. The zero-order valence-corrected chi connectivity index (χ0v) is 18.2. The first-order valence-electron chi connectivity index (χ1n) is 11.1. The van der Waals surface area contributed by atoms with Crippen molar-refractivity contribution in [2.45, 2.75) is 25.7 Å². The third-order valence-electron chi connectivity index (χ3n) is 6.85. The molecule has 4 nitrogen and oxygen atoms in total. The summed E-state index contributed by atoms with van der Waals surface area (Å²) in [5, 5.41) is 0. The smallest absolute Gasteiger partial charge is 0.239 e. The molecular formula is C28H25NO3. The second-order valence-corrected chi connectivity index (χ2v) is 8.76. The highest BCUT2D eigenvalue weighted by Crippen LogP contribution is 2.67. The monoisotopic (exact) mass is 423 g/mol. The summed E-state index contributed by atoms with van der Waals surface area (Å²) in [5.74, 6) is -1.80. The molecule has 3 aromatic rings. The fourth-order valence-electron chi connectivity index (χ4n) is 5.34. The number of aryl methyl sites for hydroxylation is 1. The van der Waals surface area contributed by atoms with Crippen molar-refractivity contribution in [3.63, 3.8) is 0 Å². The van der Waals surface area contributed by atoms with Crippen molar-refractivity contribution in [1.82, 2.24) is 0 Å². The zero-order chi connectivity index (χ0) is 22.5. The lowest BCUT2D eigenvalue weighted by atomic mass is 9.90. The maximum atomic E-state index is 13.9. The number of Topliss-reactive ketones (excluding diaryl/α,β-unsaturated/α-hetero) is 2. The van der Waals surface area contributed by atoms with E-state index in [1.54, 1.807) is 29.2 Å². The third kappa shape index (κ3) is 2.79. The van der Waals surface area contributed by atoms with Crippen molar-refractivity contribution >= 4 is 23.2 Å². The van der Waals surface area contributed by atoms with E-state index in [2.05, 4.69) is 0 Å². The van der Waals surface area contributed by atoms with Crippen LogP contribution in [0.15, 0.2) is 78.9 Å². The molecule has 1 aliphatic heterocycles. The number of nitrogens with zero attached hydrogens (tertiary/aromatic N) is 1. The van der Waals surface area contributed by atoms with Gasteiger partial charge in [-0.15, -0.1) is 0 Å². The van der Waals surface area contributed by atoms with Gasteiger partial charge in [-0.2, -0.15) is 0 Å². The van der Waals surface area contributed by atoms with Gasteiger partial charge in [0.1, 0.15) is 0 Å². The fraction of sp³-hybridized carbons (Fsp3) is 0.250. The van der Waals surface area contributed by atoms with E-state index in [0.717, 1.165) is 23.2 Å². The maximum Gasteiger partial charge on any atom is 0.239 e. The molecule has 1 heterocycles. The van der Waals surface area contributed by atoms with Gasteiger partial charge in [0.25, 0.3) is 0 Å². The van der Waals surface area contributed by atoms with Crippen LogP contribution >= 0.6 is 0 Å². The highest BCUT2D eigenvalue weighted by molar-refractivity contribution is 6.23. The predicted octanol–water partition coefficient (Wildman–Crippen LogP) is 5.00. The second kappa shape index (κ2) is 7.56. The molecule has 0 bridgehead atoms. The number of hydrogen-bond donors (Lipinski definition) is 0. The molecule has 1 aliphatic carbocycles. The van der Waals surface area contributed by atoms with Crippen LogP contribution in [0.4, 0.5) is 5.69 Å². The first-order valence-corrected chi connectivity index (χ1v) is 11.1. The molecule has 1 saturated carbocycles. The third-order valence-corrected chi connectivity index (χ3v) is 6.85. The highest BCUT2D eigenvalue weighted by Gasteiger charge is 2.79. The summed E-state index contributed by atoms with van der Waals surface area (Å²) in [7, 11) is 0. The van der Waals surface area contributed by atoms with Crippen molar-refractivity contribution in [1.29, 1.82) is 0 Å². The van der Waals surface area contributed by atoms with E-state index in [-0.39, 0.29) is 17.5 Å². The van der Waals surface area contributed by atoms with Crippen molar-refractivity contribution in [2.75, 3.05) is 11.4 Å². The van der Waals surface area contributed by atoms with Crippen molar-refractivity contribution < 1.29 is 14.4 Å². The molecule has 0 aromatic heterocycles. The lowest BCUT2D eigenvalue weighted by Crippen LogP contribution is -2.35. The SMILES string of the molecule is CCCN1C(=O)[C@@]2(c3ccccc31)[C@@H](C(=O)c1ccccc1)[C@@H]2C(=O)c1ccc(C)cc1. The van der Waals surface area contributed by atoms with E-state index >= 15 is 0 Å². The van der Waals surface area contributed by atoms with Crippen molar-refractivity contribution in [3.8, 4) is 0 Å². The number of ketones is 2. The van der Waals surface area contributed by atoms with E-state index in [0.29, 0.717) is 17.7 Å². The molecule has 3 aromatic carbocycles. The van der Waals surface area contributed by atoms with Gasteiger partial charge < -0.3 is 4.90 Å². The van der Waals surface area contributed by atoms with E-state index < -0.39 is 17.3 Å². The minimum atomic E-state index is -1.12. The zero-order valence-electron chi connectivity index (χ0n) is 18.2. The minimum Gasteiger partial charge on any atom is -0.311 e. The molecule has 0 N–H and O–H groups in total. The van der Waals surface area contributed by atoms with Crippen LogP contribution in [0.25, 0.3) is 0 Å². The van der Waals surface area contributed by atoms with E-state index in [9.17, 15) is 14.4 Å². The Morgan fingerprint density at radius 1 is 0.812 bits per heavy atom. The van der Waals surface area contributed by atoms with Crippen LogP contribution in [0.2, 0.25) is 0 Å². The van der Waals surface area contributed by atoms with Crippen LogP contribution in [0.1, 0.15) is 45.2 Å². The van der Waals surface area contributed by atoms with E-state index in [1.807, 2.05) is 68.4 Å². The quantitative estimate of drug-likeness (QED) is 0.524. The Labute approximate surface area is 187 Å². The summed E-state index contributed by atoms with van der Waals surface area (Å²) in [6.45, 7) is 4.55. The average molecular weight is 424 g/mol. The number of para-hydroxylation sites is 1. The van der Waals surface area contributed by atoms with Crippen LogP contribution in [0.3, 0.4) is 0 Å². The molecule has 1 fully saturated rings. The molecular weight excluding hydrogens is 398 g/mol. The molecule has 160 valence electrons. The normalized spacial score (nSPS) is 23.3. The number of carbonyl (C=O) groups is 3. The van der Waals surface area contributed by atoms with Gasteiger partial charge in [0.2, 0.25) is 5.91 Å². The van der Waals surface area contributed by atoms with Crippen LogP contribution in [-0.2, 0) is 10.2 Å². The van der Waals surface area contributed by atoms with Gasteiger partial charge in [0.15, 0.2) is 11.6 Å². The molecule has 4 heteroatoms. The predicted molar refractivity (Wildman–Crippen MR) is 124 cm³/mol. The summed E-state index contributed by atoms with van der Waals surface area (Å²) in [6, 6.07) is 24.0. The second-order valence-electron chi connectivity index (χ2n) is 8.76. The Morgan fingerprint density at radius 3 is 2.00 bits per heavy atom. The van der Waals surface area contributed by atoms with Gasteiger partial charge in [-0.05, 0) is 25.0 Å². The average Bonchev–Trinajstić information content (AvgIpc) is 3.47. The number of anilines is 1. The first kappa shape index (κ1) is 20.4. The number of fused-ring (bicyclic) bond motifs is 2. The van der Waals surface area contributed by atoms with Crippen LogP contribution in [0, 0.1) is 18.8 Å². The Kier molecular flexibility index (Phi) is 4.81. The van der Waals surface area contributed by atoms with E-state index in [4.69, 9.17) is 0 Å². The first-order chi connectivity index (χ1) is 15.5. The summed E-state index contributed by atoms with van der Waals surface area (Å²) < 4.78 is 0. The molecule has 1 spiro atoms. The lowest BCUT2D eigenvalue weighted by molar-refractivity contribution is -0.120. The summed E-state index contributed by atoms with van der Waals surface area (Å²) in [6.07, 6.45) is 0.796. The van der Waals surface area contributed by atoms with Crippen molar-refractivity contribution in [2.24, 2.45) is 11.8 Å². The van der Waals surface area contributed by atoms with Gasteiger partial charge in [-0.1, -0.05) is 85.3 Å². The number of carbonyl (C=O) groups excluding carboxylic acids is 3. The van der Waals surface area contributed by atoms with Crippen LogP contribution in [0.5, 0.6) is 0 Å². The highest BCUT2D eigenvalue weighted by atomic mass is 16.2. The number of benzene rings is 3. The largest absolute Gasteiger partial charge is 0.311 e. The molecule has 3 atom stereocenters. The molecule has 0 radical (unpaired) electrons. The van der Waals surface area contributed by atoms with Gasteiger partial charge in [-0.3, -0.25) is 14.4 Å². The molecule has 2 aliphatic rings. The van der Waals surface area contributed by atoms with Crippen LogP contribution in [-0.4, -0.2) is 24.0 Å². The molecule has 1 amide bonds. The van der Waals surface area contributed by atoms with Gasteiger partial charge >= 0.3 is 0 Å². The Morgan fingerprint density at radius 2 is 1.38 bits per heavy atom. The van der Waals surface area contributed by atoms with Gasteiger partial charge in [0, 0.05) is 23.4 Å². The fourth-order valence-corrected chi connectivity index (χ4v) is 5.34. The molecule has 32 heavy (non-hydrogen) atoms. The maximum absolute atomic E-state index is 13.9. The molecule has 0 saturated heterocycles. The number of hydrogen-bond acceptors (Lipinski definition) is 3. The van der Waals surface area contributed by atoms with Crippen molar-refractivity contribution in [3.05, 3.63) is 101 Å². The summed E-state index contributed by atoms with van der Waals surface area (Å²) in [5.41, 5.74) is 2.64. The number of rotatable bonds is 6. The topological polar surface area (TPSA) is 54.5 Å². The van der Waals surface area contributed by atoms with Gasteiger partial charge in [0.05, 0.1) is 17.3 Å². The number of amides is 1. The Bertz CT molecular complexity index is 1210. The molecule has 5 rings (SSSR count). The Balaban J connectivity index is 1.66.